The van der Waals surface area contributed by atoms with Crippen LogP contribution in [-0.2, 0) is 0 Å². The smallest absolute Gasteiger partial charge is 0.338 e. The van der Waals surface area contributed by atoms with Gasteiger partial charge in [0.25, 0.3) is 0 Å². The minimum atomic E-state index is -4.19. The Bertz CT molecular complexity index is 521. The van der Waals surface area contributed by atoms with Crippen LogP contribution in [0.5, 0.6) is 0 Å². The Kier molecular flexibility index (Phi) is 6.87. The first-order valence-corrected chi connectivity index (χ1v) is 7.46. The molecular formula is C16H24F3N3O. The van der Waals surface area contributed by atoms with Gasteiger partial charge in [0.15, 0.2) is 0 Å². The molecule has 2 amide bonds. The van der Waals surface area contributed by atoms with E-state index in [4.69, 9.17) is 0 Å². The van der Waals surface area contributed by atoms with Crippen molar-refractivity contribution in [2.75, 3.05) is 32.0 Å². The molecule has 0 spiro atoms. The number of urea groups is 1. The third-order valence-electron chi connectivity index (χ3n) is 3.37. The van der Waals surface area contributed by atoms with E-state index in [9.17, 15) is 18.0 Å². The van der Waals surface area contributed by atoms with Crippen molar-refractivity contribution in [2.45, 2.75) is 33.4 Å². The Balaban J connectivity index is 2.36. The van der Waals surface area contributed by atoms with Gasteiger partial charge < -0.3 is 10.6 Å². The van der Waals surface area contributed by atoms with Crippen molar-refractivity contribution >= 4 is 11.7 Å². The maximum absolute atomic E-state index is 12.2. The molecule has 2 N–H and O–H groups in total. The summed E-state index contributed by atoms with van der Waals surface area (Å²) in [4.78, 5) is 13.0. The van der Waals surface area contributed by atoms with Crippen LogP contribution in [-0.4, -0.2) is 43.8 Å². The second-order valence-corrected chi connectivity index (χ2v) is 5.86. The number of aryl methyl sites for hydroxylation is 3. The molecule has 1 aromatic carbocycles. The highest BCUT2D eigenvalue weighted by molar-refractivity contribution is 5.91. The highest BCUT2D eigenvalue weighted by Gasteiger charge is 2.28. The Morgan fingerprint density at radius 1 is 1.17 bits per heavy atom. The van der Waals surface area contributed by atoms with E-state index in [0.29, 0.717) is 13.0 Å². The predicted molar refractivity (Wildman–Crippen MR) is 85.8 cm³/mol. The summed E-state index contributed by atoms with van der Waals surface area (Å²) in [6, 6.07) is 3.61. The molecule has 0 saturated heterocycles. The number of carbonyl (C=O) groups is 1. The lowest BCUT2D eigenvalue weighted by Gasteiger charge is -2.18. The Labute approximate surface area is 135 Å². The first-order valence-electron chi connectivity index (χ1n) is 7.46. The van der Waals surface area contributed by atoms with Gasteiger partial charge in [-0.25, -0.2) is 4.79 Å². The van der Waals surface area contributed by atoms with Crippen LogP contribution in [0.15, 0.2) is 12.1 Å². The van der Waals surface area contributed by atoms with Gasteiger partial charge >= 0.3 is 12.2 Å². The molecule has 0 aromatic heterocycles. The van der Waals surface area contributed by atoms with Crippen molar-refractivity contribution < 1.29 is 18.0 Å². The average Bonchev–Trinajstić information content (AvgIpc) is 2.37. The van der Waals surface area contributed by atoms with E-state index in [2.05, 4.69) is 10.6 Å². The molecule has 0 unspecified atom stereocenters. The highest BCUT2D eigenvalue weighted by Crippen LogP contribution is 2.21. The molecule has 0 bridgehead atoms. The molecule has 4 nitrogen and oxygen atoms in total. The summed E-state index contributed by atoms with van der Waals surface area (Å²) in [6.07, 6.45) is -3.74. The van der Waals surface area contributed by atoms with E-state index in [1.165, 1.54) is 11.9 Å². The number of hydrogen-bond acceptors (Lipinski definition) is 2. The Morgan fingerprint density at radius 3 is 2.26 bits per heavy atom. The number of halogens is 3. The van der Waals surface area contributed by atoms with Crippen molar-refractivity contribution in [3.63, 3.8) is 0 Å². The lowest BCUT2D eigenvalue weighted by Crippen LogP contribution is -2.35. The third-order valence-corrected chi connectivity index (χ3v) is 3.37. The van der Waals surface area contributed by atoms with E-state index in [1.54, 1.807) is 0 Å². The van der Waals surface area contributed by atoms with E-state index in [0.717, 1.165) is 22.4 Å². The molecule has 0 radical (unpaired) electrons. The fourth-order valence-corrected chi connectivity index (χ4v) is 2.47. The molecule has 0 heterocycles. The molecule has 1 rings (SSSR count). The first kappa shape index (κ1) is 19.3. The zero-order valence-electron chi connectivity index (χ0n) is 14.0. The zero-order chi connectivity index (χ0) is 17.6. The molecule has 0 saturated carbocycles. The Morgan fingerprint density at radius 2 is 1.74 bits per heavy atom. The highest BCUT2D eigenvalue weighted by atomic mass is 19.4. The van der Waals surface area contributed by atoms with E-state index < -0.39 is 12.7 Å². The topological polar surface area (TPSA) is 44.4 Å². The number of nitrogens with one attached hydrogen (secondary N) is 2. The van der Waals surface area contributed by atoms with Gasteiger partial charge in [0, 0.05) is 12.2 Å². The molecule has 23 heavy (non-hydrogen) atoms. The van der Waals surface area contributed by atoms with Crippen molar-refractivity contribution in [3.8, 4) is 0 Å². The molecular weight excluding hydrogens is 307 g/mol. The van der Waals surface area contributed by atoms with Crippen molar-refractivity contribution in [2.24, 2.45) is 0 Å². The first-order chi connectivity index (χ1) is 10.6. The van der Waals surface area contributed by atoms with Crippen molar-refractivity contribution in [3.05, 3.63) is 28.8 Å². The molecule has 0 atom stereocenters. The standard InChI is InChI=1S/C16H24F3N3O/c1-11-8-12(2)14(13(3)9-11)21-15(23)20-6-5-7-22(4)10-16(17,18)19/h8-9H,5-7,10H2,1-4H3,(H2,20,21,23). The fraction of sp³-hybridized carbons (Fsp3) is 0.562. The predicted octanol–water partition coefficient (Wildman–Crippen LogP) is 3.62. The van der Waals surface area contributed by atoms with Gasteiger partial charge in [-0.1, -0.05) is 17.7 Å². The van der Waals surface area contributed by atoms with Gasteiger partial charge in [0.2, 0.25) is 0 Å². The SMILES string of the molecule is Cc1cc(C)c(NC(=O)NCCCN(C)CC(F)(F)F)c(C)c1. The second kappa shape index (κ2) is 8.19. The van der Waals surface area contributed by atoms with Crippen LogP contribution >= 0.6 is 0 Å². The zero-order valence-corrected chi connectivity index (χ0v) is 14.0. The lowest BCUT2D eigenvalue weighted by molar-refractivity contribution is -0.143. The molecule has 0 aliphatic heterocycles. The van der Waals surface area contributed by atoms with Crippen molar-refractivity contribution in [1.82, 2.24) is 10.2 Å². The van der Waals surface area contributed by atoms with Crippen LogP contribution in [0.1, 0.15) is 23.1 Å². The molecule has 7 heteroatoms. The lowest BCUT2D eigenvalue weighted by atomic mass is 10.1. The van der Waals surface area contributed by atoms with Crippen LogP contribution in [0.2, 0.25) is 0 Å². The second-order valence-electron chi connectivity index (χ2n) is 5.86. The van der Waals surface area contributed by atoms with Crippen molar-refractivity contribution in [1.29, 1.82) is 0 Å². The van der Waals surface area contributed by atoms with Gasteiger partial charge in [-0.05, 0) is 51.9 Å². The largest absolute Gasteiger partial charge is 0.401 e. The van der Waals surface area contributed by atoms with E-state index in [-0.39, 0.29) is 12.6 Å². The van der Waals surface area contributed by atoms with Gasteiger partial charge in [0.1, 0.15) is 0 Å². The fourth-order valence-electron chi connectivity index (χ4n) is 2.47. The minimum Gasteiger partial charge on any atom is -0.338 e. The summed E-state index contributed by atoms with van der Waals surface area (Å²) in [5, 5.41) is 5.45. The number of carbonyl (C=O) groups excluding carboxylic acids is 1. The summed E-state index contributed by atoms with van der Waals surface area (Å²) in [5.41, 5.74) is 3.84. The van der Waals surface area contributed by atoms with Crippen LogP contribution in [0, 0.1) is 20.8 Å². The van der Waals surface area contributed by atoms with E-state index >= 15 is 0 Å². The van der Waals surface area contributed by atoms with Crippen LogP contribution < -0.4 is 10.6 Å². The molecule has 0 aliphatic carbocycles. The van der Waals surface area contributed by atoms with Gasteiger partial charge in [-0.2, -0.15) is 13.2 Å². The quantitative estimate of drug-likeness (QED) is 0.782. The van der Waals surface area contributed by atoms with Crippen LogP contribution in [0.4, 0.5) is 23.7 Å². The monoisotopic (exact) mass is 331 g/mol. The number of amides is 2. The summed E-state index contributed by atoms with van der Waals surface area (Å²) in [6.45, 7) is 5.46. The van der Waals surface area contributed by atoms with E-state index in [1.807, 2.05) is 32.9 Å². The number of benzene rings is 1. The Hall–Kier alpha value is -1.76. The number of alkyl halides is 3. The van der Waals surface area contributed by atoms with Gasteiger partial charge in [-0.3, -0.25) is 4.90 Å². The number of anilines is 1. The molecule has 130 valence electrons. The van der Waals surface area contributed by atoms with Gasteiger partial charge in [0.05, 0.1) is 6.54 Å². The normalized spacial score (nSPS) is 11.7. The number of rotatable bonds is 6. The summed E-state index contributed by atoms with van der Waals surface area (Å²) in [7, 11) is 1.41. The van der Waals surface area contributed by atoms with Crippen LogP contribution in [0.3, 0.4) is 0 Å². The minimum absolute atomic E-state index is 0.266. The number of nitrogens with zero attached hydrogens (tertiary/aromatic N) is 1. The summed E-state index contributed by atoms with van der Waals surface area (Å²) >= 11 is 0. The molecule has 0 aliphatic rings. The van der Waals surface area contributed by atoms with Gasteiger partial charge in [-0.15, -0.1) is 0 Å². The molecule has 0 fully saturated rings. The summed E-state index contributed by atoms with van der Waals surface area (Å²) < 4.78 is 36.5. The maximum atomic E-state index is 12.2. The average molecular weight is 331 g/mol. The summed E-state index contributed by atoms with van der Waals surface area (Å²) in [5.74, 6) is 0. The third kappa shape index (κ3) is 7.36. The maximum Gasteiger partial charge on any atom is 0.401 e. The molecule has 1 aromatic rings. The number of hydrogen-bond donors (Lipinski definition) is 2. The van der Waals surface area contributed by atoms with Crippen LogP contribution in [0.25, 0.3) is 0 Å².